The highest BCUT2D eigenvalue weighted by Gasteiger charge is 2.17. The van der Waals surface area contributed by atoms with Crippen molar-refractivity contribution in [2.24, 2.45) is 0 Å². The molecule has 0 radical (unpaired) electrons. The number of methoxy groups -OCH3 is 3. The molecule has 0 amide bonds. The van der Waals surface area contributed by atoms with Crippen molar-refractivity contribution in [3.05, 3.63) is 58.5 Å². The van der Waals surface area contributed by atoms with Crippen LogP contribution < -0.4 is 25.1 Å². The third-order valence-corrected chi connectivity index (χ3v) is 4.57. The molecule has 2 heterocycles. The Morgan fingerprint density at radius 2 is 1.80 bits per heavy atom. The van der Waals surface area contributed by atoms with Crippen LogP contribution in [0, 0.1) is 11.3 Å². The number of rotatable bonds is 6. The lowest BCUT2D eigenvalue weighted by Crippen LogP contribution is -2.23. The van der Waals surface area contributed by atoms with Gasteiger partial charge in [0.05, 0.1) is 27.0 Å². The van der Waals surface area contributed by atoms with Crippen molar-refractivity contribution in [1.82, 2.24) is 14.5 Å². The number of pyridine rings is 1. The van der Waals surface area contributed by atoms with Gasteiger partial charge in [-0.15, -0.1) is 0 Å². The van der Waals surface area contributed by atoms with E-state index in [4.69, 9.17) is 14.2 Å². The highest BCUT2D eigenvalue weighted by Crippen LogP contribution is 2.40. The summed E-state index contributed by atoms with van der Waals surface area (Å²) in [4.78, 5) is 21.5. The first-order valence-electron chi connectivity index (χ1n) is 8.88. The molecule has 4 rings (SSSR count). The van der Waals surface area contributed by atoms with Gasteiger partial charge in [0.25, 0.3) is 5.56 Å². The summed E-state index contributed by atoms with van der Waals surface area (Å²) in [6.45, 7) is 0. The second-order valence-electron chi connectivity index (χ2n) is 6.27. The standard InChI is InChI=1S/C21H17N5O4/c1-28-16-8-14(9-17(29-2)18(16)30-3)24-21-23-11-13-7-12(10-22)20(27)26(19(13)25-21)15-5-4-6-15/h4-9,11H,1-3H3,(H,23,24,25). The van der Waals surface area contributed by atoms with Gasteiger partial charge in [0.15, 0.2) is 17.1 Å². The Kier molecular flexibility index (Phi) is 4.82. The van der Waals surface area contributed by atoms with Gasteiger partial charge in [-0.1, -0.05) is 6.08 Å². The van der Waals surface area contributed by atoms with E-state index in [0.29, 0.717) is 39.7 Å². The average Bonchev–Trinajstić information content (AvgIpc) is 2.73. The predicted molar refractivity (Wildman–Crippen MR) is 111 cm³/mol. The first kappa shape index (κ1) is 19.0. The maximum Gasteiger partial charge on any atom is 0.274 e. The van der Waals surface area contributed by atoms with Crippen LogP contribution in [-0.2, 0) is 0 Å². The van der Waals surface area contributed by atoms with Gasteiger partial charge in [0.1, 0.15) is 11.6 Å². The molecule has 9 heteroatoms. The smallest absolute Gasteiger partial charge is 0.274 e. The third kappa shape index (κ3) is 3.10. The minimum Gasteiger partial charge on any atom is -0.493 e. The van der Waals surface area contributed by atoms with E-state index >= 15 is 0 Å². The highest BCUT2D eigenvalue weighted by atomic mass is 16.5. The zero-order chi connectivity index (χ0) is 21.3. The molecule has 0 aliphatic heterocycles. The van der Waals surface area contributed by atoms with E-state index < -0.39 is 5.56 Å². The minimum atomic E-state index is -0.432. The molecule has 0 spiro atoms. The van der Waals surface area contributed by atoms with Gasteiger partial charge in [-0.3, -0.25) is 9.36 Å². The summed E-state index contributed by atoms with van der Waals surface area (Å²) in [6, 6.07) is 6.85. The number of benzene rings is 1. The van der Waals surface area contributed by atoms with Crippen LogP contribution in [0.3, 0.4) is 0 Å². The second kappa shape index (κ2) is 7.60. The molecule has 30 heavy (non-hydrogen) atoms. The maximum atomic E-state index is 12.7. The number of anilines is 2. The van der Waals surface area contributed by atoms with E-state index in [0.717, 1.165) is 0 Å². The van der Waals surface area contributed by atoms with Crippen molar-refractivity contribution in [1.29, 1.82) is 5.26 Å². The minimum absolute atomic E-state index is 0.0256. The quantitative estimate of drug-likeness (QED) is 0.669. The van der Waals surface area contributed by atoms with Gasteiger partial charge in [-0.25, -0.2) is 4.98 Å². The zero-order valence-electron chi connectivity index (χ0n) is 16.5. The van der Waals surface area contributed by atoms with Crippen molar-refractivity contribution < 1.29 is 14.2 Å². The van der Waals surface area contributed by atoms with Crippen molar-refractivity contribution in [3.8, 4) is 23.3 Å². The SMILES string of the molecule is COc1cc(Nc2ncc3cc(C#N)c(=O)n(C4=CC=C4)c3n2)cc(OC)c1OC. The monoisotopic (exact) mass is 403 g/mol. The van der Waals surface area contributed by atoms with Crippen LogP contribution in [0.4, 0.5) is 11.6 Å². The molecule has 1 N–H and O–H groups in total. The molecular formula is C21H17N5O4. The lowest BCUT2D eigenvalue weighted by Gasteiger charge is -2.16. The van der Waals surface area contributed by atoms with E-state index in [-0.39, 0.29) is 11.5 Å². The van der Waals surface area contributed by atoms with Gasteiger partial charge in [-0.05, 0) is 18.2 Å². The molecule has 2 aromatic heterocycles. The lowest BCUT2D eigenvalue weighted by atomic mass is 10.1. The molecule has 1 aliphatic carbocycles. The number of nitriles is 1. The molecule has 0 fully saturated rings. The van der Waals surface area contributed by atoms with Gasteiger partial charge in [0, 0.05) is 29.4 Å². The summed E-state index contributed by atoms with van der Waals surface area (Å²) >= 11 is 0. The molecular weight excluding hydrogens is 386 g/mol. The largest absolute Gasteiger partial charge is 0.493 e. The van der Waals surface area contributed by atoms with E-state index in [1.165, 1.54) is 32.0 Å². The van der Waals surface area contributed by atoms with E-state index in [9.17, 15) is 10.1 Å². The zero-order valence-corrected chi connectivity index (χ0v) is 16.5. The summed E-state index contributed by atoms with van der Waals surface area (Å²) in [7, 11) is 4.58. The van der Waals surface area contributed by atoms with Crippen molar-refractivity contribution in [2.45, 2.75) is 0 Å². The Hall–Kier alpha value is -4.32. The van der Waals surface area contributed by atoms with E-state index in [2.05, 4.69) is 15.3 Å². The number of nitrogens with one attached hydrogen (secondary N) is 1. The first-order valence-corrected chi connectivity index (χ1v) is 8.88. The number of aromatic nitrogens is 3. The Morgan fingerprint density at radius 3 is 2.33 bits per heavy atom. The normalized spacial score (nSPS) is 12.0. The van der Waals surface area contributed by atoms with Crippen LogP contribution in [0.2, 0.25) is 0 Å². The van der Waals surface area contributed by atoms with Gasteiger partial charge in [-0.2, -0.15) is 10.2 Å². The van der Waals surface area contributed by atoms with Gasteiger partial charge >= 0.3 is 0 Å². The summed E-state index contributed by atoms with van der Waals surface area (Å²) in [5, 5.41) is 12.9. The fourth-order valence-electron chi connectivity index (χ4n) is 3.09. The molecule has 0 bridgehead atoms. The molecule has 0 saturated heterocycles. The van der Waals surface area contributed by atoms with Gasteiger partial charge < -0.3 is 19.5 Å². The predicted octanol–water partition coefficient (Wildman–Crippen LogP) is 2.84. The number of allylic oxidation sites excluding steroid dienone is 4. The lowest BCUT2D eigenvalue weighted by molar-refractivity contribution is 0.324. The number of fused-ring (bicyclic) bond motifs is 1. The average molecular weight is 403 g/mol. The second-order valence-corrected chi connectivity index (χ2v) is 6.27. The molecule has 0 atom stereocenters. The van der Waals surface area contributed by atoms with E-state index in [1.54, 1.807) is 30.5 Å². The molecule has 1 aromatic carbocycles. The Morgan fingerprint density at radius 1 is 1.10 bits per heavy atom. The van der Waals surface area contributed by atoms with Crippen LogP contribution in [0.1, 0.15) is 5.56 Å². The highest BCUT2D eigenvalue weighted by molar-refractivity contribution is 5.83. The molecule has 150 valence electrons. The van der Waals surface area contributed by atoms with Crippen molar-refractivity contribution >= 4 is 28.4 Å². The molecule has 1 aliphatic rings. The summed E-state index contributed by atoms with van der Waals surface area (Å²) in [5.74, 6) is 1.67. The van der Waals surface area contributed by atoms with Crippen LogP contribution >= 0.6 is 0 Å². The van der Waals surface area contributed by atoms with Crippen molar-refractivity contribution in [3.63, 3.8) is 0 Å². The summed E-state index contributed by atoms with van der Waals surface area (Å²) < 4.78 is 17.5. The van der Waals surface area contributed by atoms with Gasteiger partial charge in [0.2, 0.25) is 11.7 Å². The Balaban J connectivity index is 1.82. The number of hydrogen-bond acceptors (Lipinski definition) is 8. The fraction of sp³-hybridized carbons (Fsp3) is 0.143. The summed E-state index contributed by atoms with van der Waals surface area (Å²) in [5.41, 5.74) is 1.24. The van der Waals surface area contributed by atoms with Crippen LogP contribution in [0.5, 0.6) is 17.2 Å². The van der Waals surface area contributed by atoms with E-state index in [1.807, 2.05) is 12.1 Å². The third-order valence-electron chi connectivity index (χ3n) is 4.57. The maximum absolute atomic E-state index is 12.7. The fourth-order valence-corrected chi connectivity index (χ4v) is 3.09. The van der Waals surface area contributed by atoms with Crippen LogP contribution in [0.15, 0.2) is 47.4 Å². The molecule has 0 saturated carbocycles. The van der Waals surface area contributed by atoms with Crippen molar-refractivity contribution in [2.75, 3.05) is 26.6 Å². The molecule has 0 unspecified atom stereocenters. The van der Waals surface area contributed by atoms with Crippen LogP contribution in [-0.4, -0.2) is 35.9 Å². The Bertz CT molecular complexity index is 1290. The molecule has 9 nitrogen and oxygen atoms in total. The first-order chi connectivity index (χ1) is 14.6. The molecule has 3 aromatic rings. The van der Waals surface area contributed by atoms with Crippen LogP contribution in [0.25, 0.3) is 16.7 Å². The number of nitrogens with zero attached hydrogens (tertiary/aromatic N) is 4. The number of hydrogen-bond donors (Lipinski definition) is 1. The summed E-state index contributed by atoms with van der Waals surface area (Å²) in [6.07, 6.45) is 6.91. The topological polar surface area (TPSA) is 111 Å². The number of ether oxygens (including phenoxy) is 3. The Labute approximate surface area is 171 Å².